The van der Waals surface area contributed by atoms with Crippen molar-refractivity contribution in [2.45, 2.75) is 21.5 Å². The van der Waals surface area contributed by atoms with E-state index in [1.54, 1.807) is 11.8 Å². The number of aromatic nitrogens is 3. The molecular weight excluding hydrogens is 592 g/mol. The Morgan fingerprint density at radius 1 is 1.36 bits per heavy atom. The average Bonchev–Trinajstić information content (AvgIpc) is 3.42. The zero-order valence-electron chi connectivity index (χ0n) is 17.9. The van der Waals surface area contributed by atoms with Gasteiger partial charge in [0.15, 0.2) is 21.0 Å². The van der Waals surface area contributed by atoms with Crippen LogP contribution in [0.3, 0.4) is 0 Å². The van der Waals surface area contributed by atoms with Crippen molar-refractivity contribution >= 4 is 98.4 Å². The minimum Gasteiger partial charge on any atom is -0.477 e. The zero-order chi connectivity index (χ0) is 26.0. The number of nitrogens with one attached hydrogen (secondary N) is 1. The molecule has 7 N–H and O–H groups in total. The molecule has 4 heterocycles. The molecule has 1 saturated heterocycles. The number of fused-ring (bicyclic) bond motifs is 1. The first kappa shape index (κ1) is 27.0. The van der Waals surface area contributed by atoms with Crippen LogP contribution in [0.2, 0.25) is 4.34 Å². The molecule has 192 valence electrons. The fourth-order valence-corrected chi connectivity index (χ4v) is 8.14. The maximum Gasteiger partial charge on any atom is 0.353 e. The Bertz CT molecular complexity index is 1270. The topological polar surface area (TPSA) is 210 Å². The quantitative estimate of drug-likeness (QED) is 0.0841. The van der Waals surface area contributed by atoms with Gasteiger partial charge in [0.05, 0.1) is 5.75 Å². The third kappa shape index (κ3) is 5.43. The van der Waals surface area contributed by atoms with Crippen molar-refractivity contribution in [2.75, 3.05) is 23.8 Å². The number of nitrogens with two attached hydrogens (primary N) is 2. The molecular formula is C17H17ClN8O5S5. The minimum atomic E-state index is -1.27. The number of carboxylic acid groups (broad SMARTS) is 1. The molecule has 0 aliphatic carbocycles. The number of β-lactam (4-membered cyclic amide) rings is 1. The van der Waals surface area contributed by atoms with Gasteiger partial charge in [0, 0.05) is 23.0 Å². The first-order valence-electron chi connectivity index (χ1n) is 9.89. The molecule has 2 aliphatic rings. The summed E-state index contributed by atoms with van der Waals surface area (Å²) in [5.41, 5.74) is 10.3. The van der Waals surface area contributed by atoms with Crippen LogP contribution >= 0.6 is 69.8 Å². The first-order valence-corrected chi connectivity index (χ1v) is 14.9. The van der Waals surface area contributed by atoms with E-state index in [9.17, 15) is 24.7 Å². The molecule has 2 amide bonds. The highest BCUT2D eigenvalue weighted by atomic mass is 35.5. The monoisotopic (exact) mass is 608 g/mol. The van der Waals surface area contributed by atoms with Crippen LogP contribution in [-0.2, 0) is 20.1 Å². The van der Waals surface area contributed by atoms with E-state index in [1.165, 1.54) is 11.8 Å². The van der Waals surface area contributed by atoms with E-state index in [1.807, 2.05) is 0 Å². The van der Waals surface area contributed by atoms with Crippen molar-refractivity contribution < 1.29 is 24.7 Å². The van der Waals surface area contributed by atoms with Gasteiger partial charge < -0.3 is 27.1 Å². The number of oxime groups is 1. The molecule has 0 spiro atoms. The molecule has 1 fully saturated rings. The highest BCUT2D eigenvalue weighted by Crippen LogP contribution is 2.45. The van der Waals surface area contributed by atoms with Crippen LogP contribution in [0.1, 0.15) is 11.5 Å². The summed E-state index contributed by atoms with van der Waals surface area (Å²) in [6.45, 7) is 0.552. The molecule has 36 heavy (non-hydrogen) atoms. The predicted octanol–water partition coefficient (Wildman–Crippen LogP) is 1.09. The number of amides is 2. The van der Waals surface area contributed by atoms with E-state index < -0.39 is 34.9 Å². The SMILES string of the molecule is NCCSCc1nsc(SC2=C(C(=O)O)N3C(=O)[C@@H](NC(=O)/C(=N\O)c4nc(N)sc4Cl)[C@H]3SC2)n1. The van der Waals surface area contributed by atoms with Gasteiger partial charge in [0.25, 0.3) is 11.8 Å². The van der Waals surface area contributed by atoms with E-state index in [-0.39, 0.29) is 26.6 Å². The summed E-state index contributed by atoms with van der Waals surface area (Å²) in [5, 5.41) is 24.0. The van der Waals surface area contributed by atoms with Crippen LogP contribution in [0.25, 0.3) is 0 Å². The lowest BCUT2D eigenvalue weighted by molar-refractivity contribution is -0.150. The van der Waals surface area contributed by atoms with Crippen LogP contribution in [0, 0.1) is 0 Å². The van der Waals surface area contributed by atoms with Crippen molar-refractivity contribution in [3.8, 4) is 0 Å². The molecule has 4 rings (SSSR count). The number of carbonyl (C=O) groups is 3. The molecule has 0 radical (unpaired) electrons. The van der Waals surface area contributed by atoms with Crippen LogP contribution in [-0.4, -0.2) is 82.5 Å². The third-order valence-corrected chi connectivity index (χ3v) is 10.1. The number of carbonyl (C=O) groups excluding carboxylic acids is 2. The van der Waals surface area contributed by atoms with Crippen molar-refractivity contribution in [3.05, 3.63) is 26.5 Å². The number of hydrogen-bond acceptors (Lipinski definition) is 15. The molecule has 0 aromatic carbocycles. The second-order valence-corrected chi connectivity index (χ2v) is 12.9. The van der Waals surface area contributed by atoms with Gasteiger partial charge in [-0.2, -0.15) is 16.1 Å². The van der Waals surface area contributed by atoms with Crippen LogP contribution in [0.4, 0.5) is 5.13 Å². The van der Waals surface area contributed by atoms with E-state index in [0.717, 1.165) is 45.3 Å². The highest BCUT2D eigenvalue weighted by molar-refractivity contribution is 8.07. The lowest BCUT2D eigenvalue weighted by Crippen LogP contribution is -2.71. The number of thioether (sulfide) groups is 3. The average molecular weight is 609 g/mol. The van der Waals surface area contributed by atoms with Crippen molar-refractivity contribution in [3.63, 3.8) is 0 Å². The number of hydrogen-bond donors (Lipinski definition) is 5. The molecule has 2 atom stereocenters. The van der Waals surface area contributed by atoms with Crippen molar-refractivity contribution in [1.82, 2.24) is 24.6 Å². The maximum atomic E-state index is 12.9. The maximum absolute atomic E-state index is 12.9. The second kappa shape index (κ2) is 11.5. The van der Waals surface area contributed by atoms with Crippen molar-refractivity contribution in [1.29, 1.82) is 0 Å². The summed E-state index contributed by atoms with van der Waals surface area (Å²) < 4.78 is 4.88. The summed E-state index contributed by atoms with van der Waals surface area (Å²) in [4.78, 5) is 47.6. The van der Waals surface area contributed by atoms with Gasteiger partial charge in [0.2, 0.25) is 0 Å². The van der Waals surface area contributed by atoms with Crippen molar-refractivity contribution in [2.24, 2.45) is 10.9 Å². The number of halogens is 1. The van der Waals surface area contributed by atoms with E-state index in [4.69, 9.17) is 23.1 Å². The highest BCUT2D eigenvalue weighted by Gasteiger charge is 2.54. The number of rotatable bonds is 10. The number of nitrogen functional groups attached to an aromatic ring is 1. The molecule has 2 aromatic rings. The number of anilines is 1. The van der Waals surface area contributed by atoms with Crippen LogP contribution < -0.4 is 16.8 Å². The van der Waals surface area contributed by atoms with Gasteiger partial charge in [-0.3, -0.25) is 14.5 Å². The summed E-state index contributed by atoms with van der Waals surface area (Å²) in [6.07, 6.45) is 0. The largest absolute Gasteiger partial charge is 0.477 e. The normalized spacial score (nSPS) is 19.8. The Balaban J connectivity index is 1.47. The van der Waals surface area contributed by atoms with Crippen LogP contribution in [0.5, 0.6) is 0 Å². The number of carboxylic acids is 1. The number of aliphatic carboxylic acids is 1. The molecule has 2 aromatic heterocycles. The Hall–Kier alpha value is -2.09. The zero-order valence-corrected chi connectivity index (χ0v) is 22.8. The fourth-order valence-electron chi connectivity index (χ4n) is 3.23. The van der Waals surface area contributed by atoms with E-state index in [2.05, 4.69) is 24.8 Å². The lowest BCUT2D eigenvalue weighted by Gasteiger charge is -2.49. The number of thiazole rings is 1. The van der Waals surface area contributed by atoms with Gasteiger partial charge in [-0.15, -0.1) is 11.8 Å². The first-order chi connectivity index (χ1) is 17.2. The number of nitrogens with zero attached hydrogens (tertiary/aromatic N) is 5. The summed E-state index contributed by atoms with van der Waals surface area (Å²) in [6, 6.07) is -1.04. The van der Waals surface area contributed by atoms with E-state index in [0.29, 0.717) is 27.4 Å². The molecule has 0 saturated carbocycles. The molecule has 19 heteroatoms. The predicted molar refractivity (Wildman–Crippen MR) is 141 cm³/mol. The third-order valence-electron chi connectivity index (χ3n) is 4.72. The fraction of sp³-hybridized carbons (Fsp3) is 0.353. The van der Waals surface area contributed by atoms with E-state index >= 15 is 0 Å². The van der Waals surface area contributed by atoms with Crippen LogP contribution in [0.15, 0.2) is 20.1 Å². The van der Waals surface area contributed by atoms with Gasteiger partial charge in [-0.25, -0.2) is 14.8 Å². The standard InChI is InChI=1S/C17H17ClN8O5S5/c18-11-7(23-16(20)35-11)8(24-31)12(27)22-9-13(28)26-10(15(29)30)5(3-33-14(9)26)34-17-21-6(25-36-17)4-32-2-1-19/h9,14,31H,1-4,19H2,(H2,20,23)(H,22,27)(H,29,30)/b24-8-/t9-,14-/m1/s1. The summed E-state index contributed by atoms with van der Waals surface area (Å²) >= 11 is 12.1. The van der Waals surface area contributed by atoms with Gasteiger partial charge in [-0.05, 0) is 11.5 Å². The Morgan fingerprint density at radius 3 is 2.78 bits per heavy atom. The Labute approximate surface area is 229 Å². The van der Waals surface area contributed by atoms with Gasteiger partial charge in [0.1, 0.15) is 27.1 Å². The van der Waals surface area contributed by atoms with Gasteiger partial charge >= 0.3 is 5.97 Å². The van der Waals surface area contributed by atoms with Gasteiger partial charge in [-0.1, -0.05) is 39.9 Å². The molecule has 2 aliphatic heterocycles. The molecule has 0 bridgehead atoms. The minimum absolute atomic E-state index is 0.0413. The lowest BCUT2D eigenvalue weighted by atomic mass is 10.0. The summed E-state index contributed by atoms with van der Waals surface area (Å²) in [7, 11) is 0. The Kier molecular flexibility index (Phi) is 8.63. The second-order valence-electron chi connectivity index (χ2n) is 6.98. The smallest absolute Gasteiger partial charge is 0.353 e. The Morgan fingerprint density at radius 2 is 2.14 bits per heavy atom. The molecule has 0 unspecified atom stereocenters. The molecule has 13 nitrogen and oxygen atoms in total. The summed E-state index contributed by atoms with van der Waals surface area (Å²) in [5.74, 6) is -0.512.